The number of ether oxygens (including phenoxy) is 1. The minimum Gasteiger partial charge on any atom is -0.469 e. The Kier molecular flexibility index (Phi) is 7.31. The first-order valence-electron chi connectivity index (χ1n) is 5.22. The Balaban J connectivity index is 0.000000770. The summed E-state index contributed by atoms with van der Waals surface area (Å²) in [5.41, 5.74) is 3.50. The van der Waals surface area contributed by atoms with Crippen LogP contribution in [0, 0.1) is 6.92 Å². The van der Waals surface area contributed by atoms with Crippen LogP contribution in [0.15, 0.2) is 18.2 Å². The zero-order valence-corrected chi connectivity index (χ0v) is 10.3. The van der Waals surface area contributed by atoms with Crippen LogP contribution in [0.5, 0.6) is 0 Å². The predicted octanol–water partition coefficient (Wildman–Crippen LogP) is 1.69. The van der Waals surface area contributed by atoms with Gasteiger partial charge in [-0.15, -0.1) is 0 Å². The Morgan fingerprint density at radius 1 is 1.24 bits per heavy atom. The number of hydrogen-bond acceptors (Lipinski definition) is 4. The molecule has 1 aromatic rings. The van der Waals surface area contributed by atoms with Crippen molar-refractivity contribution in [2.75, 3.05) is 7.11 Å². The van der Waals surface area contributed by atoms with Crippen LogP contribution < -0.4 is 0 Å². The molecule has 0 spiro atoms. The van der Waals surface area contributed by atoms with Crippen molar-refractivity contribution in [3.8, 4) is 0 Å². The third kappa shape index (κ3) is 6.28. The second-order valence-corrected chi connectivity index (χ2v) is 3.52. The van der Waals surface area contributed by atoms with Crippen LogP contribution in [0.25, 0.3) is 0 Å². The second kappa shape index (κ2) is 8.25. The first kappa shape index (κ1) is 15.1. The highest BCUT2D eigenvalue weighted by Gasteiger charge is 2.04. The van der Waals surface area contributed by atoms with Gasteiger partial charge in [0.2, 0.25) is 0 Å². The summed E-state index contributed by atoms with van der Waals surface area (Å²) in [6.07, 6.45) is 1.61. The molecule has 0 aliphatic rings. The van der Waals surface area contributed by atoms with Crippen LogP contribution in [0.1, 0.15) is 23.6 Å². The van der Waals surface area contributed by atoms with E-state index >= 15 is 0 Å². The molecule has 0 bridgehead atoms. The topological polar surface area (TPSA) is 60.4 Å². The van der Waals surface area contributed by atoms with Crippen LogP contribution in [0.2, 0.25) is 0 Å². The Morgan fingerprint density at radius 3 is 2.24 bits per heavy atom. The van der Waals surface area contributed by atoms with Crippen molar-refractivity contribution in [2.24, 2.45) is 0 Å². The first-order chi connectivity index (χ1) is 8.07. The first-order valence-corrected chi connectivity index (χ1v) is 5.22. The molecule has 0 saturated carbocycles. The highest BCUT2D eigenvalue weighted by molar-refractivity contribution is 5.72. The van der Waals surface area contributed by atoms with Gasteiger partial charge in [0.25, 0.3) is 0 Å². The van der Waals surface area contributed by atoms with Gasteiger partial charge in [-0.3, -0.25) is 4.79 Å². The summed E-state index contributed by atoms with van der Waals surface area (Å²) >= 11 is 0. The summed E-state index contributed by atoms with van der Waals surface area (Å²) in [5, 5.41) is 0. The molecule has 0 heterocycles. The molecule has 0 aliphatic heterocycles. The van der Waals surface area contributed by atoms with Gasteiger partial charge in [0, 0.05) is 0 Å². The standard InChI is InChI=1S/C12H16O2.CO2/c1-4-10-5-9(2)6-11(7-10)8-12(13)14-3;2-1-3/h5-7H,4,8H2,1-3H3;. The van der Waals surface area contributed by atoms with E-state index in [0.29, 0.717) is 6.42 Å². The molecule has 4 heteroatoms. The quantitative estimate of drug-likeness (QED) is 0.749. The van der Waals surface area contributed by atoms with E-state index in [2.05, 4.69) is 23.8 Å². The lowest BCUT2D eigenvalue weighted by Gasteiger charge is -2.05. The Labute approximate surface area is 101 Å². The fourth-order valence-corrected chi connectivity index (χ4v) is 1.49. The highest BCUT2D eigenvalue weighted by Crippen LogP contribution is 2.11. The van der Waals surface area contributed by atoms with Crippen LogP contribution in [0.3, 0.4) is 0 Å². The van der Waals surface area contributed by atoms with Gasteiger partial charge < -0.3 is 4.74 Å². The molecule has 1 aromatic carbocycles. The van der Waals surface area contributed by atoms with Gasteiger partial charge in [-0.2, -0.15) is 9.59 Å². The van der Waals surface area contributed by atoms with Crippen molar-refractivity contribution in [3.63, 3.8) is 0 Å². The van der Waals surface area contributed by atoms with Gasteiger partial charge in [0.1, 0.15) is 0 Å². The third-order valence-electron chi connectivity index (χ3n) is 2.18. The van der Waals surface area contributed by atoms with Gasteiger partial charge in [0.15, 0.2) is 0 Å². The van der Waals surface area contributed by atoms with Crippen LogP contribution in [-0.2, 0) is 32.0 Å². The molecular formula is C13H16O4. The Hall–Kier alpha value is -1.93. The summed E-state index contributed by atoms with van der Waals surface area (Å²) < 4.78 is 4.63. The van der Waals surface area contributed by atoms with Gasteiger partial charge in [-0.1, -0.05) is 30.7 Å². The molecule has 4 nitrogen and oxygen atoms in total. The van der Waals surface area contributed by atoms with Crippen LogP contribution >= 0.6 is 0 Å². The van der Waals surface area contributed by atoms with Crippen LogP contribution in [0.4, 0.5) is 0 Å². The lowest BCUT2D eigenvalue weighted by Crippen LogP contribution is -2.05. The summed E-state index contributed by atoms with van der Waals surface area (Å²) in [6.45, 7) is 4.15. The molecule has 0 saturated heterocycles. The highest BCUT2D eigenvalue weighted by atomic mass is 16.5. The minimum absolute atomic E-state index is 0.183. The van der Waals surface area contributed by atoms with Crippen molar-refractivity contribution >= 4 is 12.1 Å². The van der Waals surface area contributed by atoms with Gasteiger partial charge in [-0.05, 0) is 24.5 Å². The molecule has 0 radical (unpaired) electrons. The molecular weight excluding hydrogens is 220 g/mol. The number of aryl methyl sites for hydroxylation is 2. The van der Waals surface area contributed by atoms with E-state index in [9.17, 15) is 4.79 Å². The van der Waals surface area contributed by atoms with E-state index in [4.69, 9.17) is 9.59 Å². The van der Waals surface area contributed by atoms with E-state index < -0.39 is 0 Å². The summed E-state index contributed by atoms with van der Waals surface area (Å²) in [7, 11) is 1.42. The molecule has 0 atom stereocenters. The molecule has 92 valence electrons. The number of carbonyl (C=O) groups is 1. The zero-order valence-electron chi connectivity index (χ0n) is 10.3. The predicted molar refractivity (Wildman–Crippen MR) is 61.3 cm³/mol. The molecule has 0 N–H and O–H groups in total. The molecule has 0 unspecified atom stereocenters. The van der Waals surface area contributed by atoms with Crippen molar-refractivity contribution < 1.29 is 19.1 Å². The van der Waals surface area contributed by atoms with E-state index in [1.807, 2.05) is 13.0 Å². The van der Waals surface area contributed by atoms with E-state index in [1.54, 1.807) is 0 Å². The number of methoxy groups -OCH3 is 1. The number of rotatable bonds is 3. The van der Waals surface area contributed by atoms with Gasteiger partial charge in [0.05, 0.1) is 13.5 Å². The summed E-state index contributed by atoms with van der Waals surface area (Å²) in [4.78, 5) is 27.3. The van der Waals surface area contributed by atoms with Crippen molar-refractivity contribution in [3.05, 3.63) is 34.9 Å². The zero-order chi connectivity index (χ0) is 13.3. The molecule has 17 heavy (non-hydrogen) atoms. The van der Waals surface area contributed by atoms with Crippen molar-refractivity contribution in [1.82, 2.24) is 0 Å². The second-order valence-electron chi connectivity index (χ2n) is 3.52. The SMILES string of the molecule is CCc1cc(C)cc(CC(=O)OC)c1.O=C=O. The molecule has 0 fully saturated rings. The average Bonchev–Trinajstić information content (AvgIpc) is 2.29. The molecule has 1 rings (SSSR count). The lowest BCUT2D eigenvalue weighted by atomic mass is 10.0. The van der Waals surface area contributed by atoms with E-state index in [0.717, 1.165) is 12.0 Å². The maximum Gasteiger partial charge on any atom is 0.373 e. The summed E-state index contributed by atoms with van der Waals surface area (Å²) in [6, 6.07) is 6.22. The van der Waals surface area contributed by atoms with Gasteiger partial charge in [-0.25, -0.2) is 0 Å². The van der Waals surface area contributed by atoms with E-state index in [1.165, 1.54) is 18.2 Å². The lowest BCUT2D eigenvalue weighted by molar-refractivity contribution is -0.191. The number of hydrogen-bond donors (Lipinski definition) is 0. The average molecular weight is 236 g/mol. The molecule has 0 aliphatic carbocycles. The third-order valence-corrected chi connectivity index (χ3v) is 2.18. The normalized spacial score (nSPS) is 8.65. The molecule has 0 amide bonds. The minimum atomic E-state index is -0.183. The summed E-state index contributed by atoms with van der Waals surface area (Å²) in [5.74, 6) is -0.183. The van der Waals surface area contributed by atoms with Crippen molar-refractivity contribution in [2.45, 2.75) is 26.7 Å². The van der Waals surface area contributed by atoms with Gasteiger partial charge >= 0.3 is 12.1 Å². The Bertz CT molecular complexity index is 404. The largest absolute Gasteiger partial charge is 0.469 e. The maximum atomic E-state index is 11.1. The maximum absolute atomic E-state index is 11.1. The number of esters is 1. The van der Waals surface area contributed by atoms with Crippen molar-refractivity contribution in [1.29, 1.82) is 0 Å². The fraction of sp³-hybridized carbons (Fsp3) is 0.385. The van der Waals surface area contributed by atoms with E-state index in [-0.39, 0.29) is 12.1 Å². The molecule has 0 aromatic heterocycles. The number of benzene rings is 1. The fourth-order valence-electron chi connectivity index (χ4n) is 1.49. The Morgan fingerprint density at radius 2 is 1.76 bits per heavy atom. The number of carbonyl (C=O) groups excluding carboxylic acids is 3. The monoisotopic (exact) mass is 236 g/mol. The smallest absolute Gasteiger partial charge is 0.373 e. The van der Waals surface area contributed by atoms with Crippen LogP contribution in [-0.4, -0.2) is 19.2 Å².